The molecule has 2 N–H and O–H groups in total. The highest BCUT2D eigenvalue weighted by Gasteiger charge is 2.24. The van der Waals surface area contributed by atoms with Crippen molar-refractivity contribution in [3.05, 3.63) is 69.5 Å². The Kier molecular flexibility index (Phi) is 4.85. The van der Waals surface area contributed by atoms with Crippen molar-refractivity contribution < 1.29 is 23.5 Å². The lowest BCUT2D eigenvalue weighted by Gasteiger charge is -2.08. The van der Waals surface area contributed by atoms with E-state index in [2.05, 4.69) is 10.3 Å². The van der Waals surface area contributed by atoms with Crippen LogP contribution < -0.4 is 5.32 Å². The third kappa shape index (κ3) is 3.39. The Morgan fingerprint density at radius 3 is 2.62 bits per heavy atom. The number of aromatic carboxylic acids is 1. The molecule has 0 bridgehead atoms. The van der Waals surface area contributed by atoms with Crippen molar-refractivity contribution in [2.45, 2.75) is 6.92 Å². The van der Waals surface area contributed by atoms with E-state index in [9.17, 15) is 23.5 Å². The first-order valence-electron chi connectivity index (χ1n) is 8.31. The van der Waals surface area contributed by atoms with E-state index in [4.69, 9.17) is 0 Å². The Hall–Kier alpha value is -3.17. The average Bonchev–Trinajstić information content (AvgIpc) is 3.32. The maximum atomic E-state index is 14.4. The van der Waals surface area contributed by atoms with Gasteiger partial charge in [0.15, 0.2) is 11.6 Å². The molecule has 1 amide bonds. The molecule has 146 valence electrons. The van der Waals surface area contributed by atoms with E-state index < -0.39 is 23.5 Å². The second-order valence-electron chi connectivity index (χ2n) is 6.21. The van der Waals surface area contributed by atoms with Crippen LogP contribution in [0.5, 0.6) is 0 Å². The number of carbonyl (C=O) groups excluding carboxylic acids is 1. The third-order valence-corrected chi connectivity index (χ3v) is 6.10. The molecule has 0 aliphatic rings. The van der Waals surface area contributed by atoms with E-state index in [1.54, 1.807) is 23.7 Å². The lowest BCUT2D eigenvalue weighted by Crippen LogP contribution is -2.13. The molecule has 0 aliphatic carbocycles. The van der Waals surface area contributed by atoms with E-state index in [1.165, 1.54) is 35.8 Å². The average molecular weight is 430 g/mol. The number of rotatable bonds is 4. The fourth-order valence-electron chi connectivity index (χ4n) is 2.89. The molecule has 0 unspecified atom stereocenters. The van der Waals surface area contributed by atoms with Gasteiger partial charge in [0, 0.05) is 22.1 Å². The number of carboxylic acid groups (broad SMARTS) is 1. The van der Waals surface area contributed by atoms with Crippen molar-refractivity contribution in [2.75, 3.05) is 5.32 Å². The van der Waals surface area contributed by atoms with Gasteiger partial charge in [-0.2, -0.15) is 0 Å². The lowest BCUT2D eigenvalue weighted by molar-refractivity contribution is 0.0699. The molecule has 9 heteroatoms. The molecule has 29 heavy (non-hydrogen) atoms. The van der Waals surface area contributed by atoms with Crippen molar-refractivity contribution in [3.8, 4) is 11.1 Å². The summed E-state index contributed by atoms with van der Waals surface area (Å²) in [5.74, 6) is -4.04. The first-order chi connectivity index (χ1) is 13.9. The first kappa shape index (κ1) is 19.2. The number of carboxylic acids is 1. The molecule has 2 aromatic heterocycles. The molecule has 4 aromatic rings. The number of nitrogens with one attached hydrogen (secondary N) is 1. The van der Waals surface area contributed by atoms with Crippen molar-refractivity contribution in [2.24, 2.45) is 0 Å². The number of nitrogens with zero attached hydrogens (tertiary/aromatic N) is 1. The van der Waals surface area contributed by atoms with Crippen LogP contribution in [0.2, 0.25) is 0 Å². The summed E-state index contributed by atoms with van der Waals surface area (Å²) in [6.45, 7) is 1.42. The lowest BCUT2D eigenvalue weighted by atomic mass is 10.0. The Labute approximate surface area is 171 Å². The zero-order valence-corrected chi connectivity index (χ0v) is 16.5. The van der Waals surface area contributed by atoms with Crippen LogP contribution in [-0.4, -0.2) is 22.0 Å². The Morgan fingerprint density at radius 1 is 1.07 bits per heavy atom. The van der Waals surface area contributed by atoms with Crippen LogP contribution in [0, 0.1) is 18.6 Å². The fourth-order valence-corrected chi connectivity index (χ4v) is 4.49. The van der Waals surface area contributed by atoms with Gasteiger partial charge in [-0.05, 0) is 30.7 Å². The minimum absolute atomic E-state index is 0.00385. The summed E-state index contributed by atoms with van der Waals surface area (Å²) in [6.07, 6.45) is 0. The van der Waals surface area contributed by atoms with E-state index in [1.807, 2.05) is 0 Å². The molecule has 5 nitrogen and oxygen atoms in total. The number of thiophene rings is 1. The topological polar surface area (TPSA) is 79.3 Å². The summed E-state index contributed by atoms with van der Waals surface area (Å²) in [7, 11) is 0. The number of carbonyl (C=O) groups is 2. The SMILES string of the molecule is Cc1ccc(-c2csc(NC(=O)c3ccc4scnc4c3)c2C(=O)O)c(F)c1F. The predicted molar refractivity (Wildman–Crippen MR) is 109 cm³/mol. The van der Waals surface area contributed by atoms with Gasteiger partial charge in [0.2, 0.25) is 0 Å². The largest absolute Gasteiger partial charge is 0.478 e. The van der Waals surface area contributed by atoms with Crippen molar-refractivity contribution in [1.29, 1.82) is 0 Å². The van der Waals surface area contributed by atoms with Crippen LogP contribution in [-0.2, 0) is 0 Å². The van der Waals surface area contributed by atoms with Crippen LogP contribution in [0.1, 0.15) is 26.3 Å². The molecule has 0 atom stereocenters. The molecule has 0 spiro atoms. The third-order valence-electron chi connectivity index (χ3n) is 4.39. The zero-order valence-electron chi connectivity index (χ0n) is 14.8. The highest BCUT2D eigenvalue weighted by molar-refractivity contribution is 7.16. The Balaban J connectivity index is 1.72. The summed E-state index contributed by atoms with van der Waals surface area (Å²) >= 11 is 2.37. The minimum Gasteiger partial charge on any atom is -0.478 e. The number of amides is 1. The van der Waals surface area contributed by atoms with Crippen LogP contribution in [0.15, 0.2) is 41.2 Å². The van der Waals surface area contributed by atoms with Crippen LogP contribution >= 0.6 is 22.7 Å². The number of anilines is 1. The van der Waals surface area contributed by atoms with Gasteiger partial charge >= 0.3 is 5.97 Å². The number of fused-ring (bicyclic) bond motifs is 1. The number of hydrogen-bond donors (Lipinski definition) is 2. The predicted octanol–water partition coefficient (Wildman–Crippen LogP) is 5.56. The molecule has 0 saturated carbocycles. The standard InChI is InChI=1S/C20H12F2N2O3S2/c1-9-2-4-11(17(22)16(9)21)12-7-28-19(15(12)20(26)27)24-18(25)10-3-5-14-13(6-10)23-8-29-14/h2-8H,1H3,(H,24,25)(H,26,27). The number of aryl methyl sites for hydroxylation is 1. The van der Waals surface area contributed by atoms with Crippen molar-refractivity contribution >= 4 is 49.8 Å². The summed E-state index contributed by atoms with van der Waals surface area (Å²) in [5.41, 5.74) is 2.28. The summed E-state index contributed by atoms with van der Waals surface area (Å²) in [5, 5.41) is 13.6. The second kappa shape index (κ2) is 7.34. The number of hydrogen-bond acceptors (Lipinski definition) is 5. The molecule has 0 saturated heterocycles. The molecule has 0 fully saturated rings. The van der Waals surface area contributed by atoms with Gasteiger partial charge in [-0.3, -0.25) is 4.79 Å². The highest BCUT2D eigenvalue weighted by atomic mass is 32.1. The van der Waals surface area contributed by atoms with Gasteiger partial charge in [-0.25, -0.2) is 18.6 Å². The van der Waals surface area contributed by atoms with Crippen LogP contribution in [0.3, 0.4) is 0 Å². The number of halogens is 2. The minimum atomic E-state index is -1.35. The van der Waals surface area contributed by atoms with Gasteiger partial charge in [0.1, 0.15) is 10.6 Å². The molecule has 2 aromatic carbocycles. The van der Waals surface area contributed by atoms with E-state index in [0.29, 0.717) is 11.1 Å². The van der Waals surface area contributed by atoms with E-state index in [0.717, 1.165) is 16.0 Å². The smallest absolute Gasteiger partial charge is 0.339 e. The van der Waals surface area contributed by atoms with Gasteiger partial charge in [0.25, 0.3) is 5.91 Å². The fraction of sp³-hybridized carbons (Fsp3) is 0.0500. The van der Waals surface area contributed by atoms with Crippen LogP contribution in [0.4, 0.5) is 13.8 Å². The zero-order chi connectivity index (χ0) is 20.7. The van der Waals surface area contributed by atoms with Crippen molar-refractivity contribution in [3.63, 3.8) is 0 Å². The van der Waals surface area contributed by atoms with Crippen LogP contribution in [0.25, 0.3) is 21.3 Å². The monoisotopic (exact) mass is 430 g/mol. The van der Waals surface area contributed by atoms with E-state index >= 15 is 0 Å². The molecular formula is C20H12F2N2O3S2. The number of aromatic nitrogens is 1. The Bertz CT molecular complexity index is 1280. The van der Waals surface area contributed by atoms with Crippen molar-refractivity contribution in [1.82, 2.24) is 4.98 Å². The summed E-state index contributed by atoms with van der Waals surface area (Å²) < 4.78 is 29.3. The van der Waals surface area contributed by atoms with Gasteiger partial charge in [-0.1, -0.05) is 12.1 Å². The maximum Gasteiger partial charge on any atom is 0.339 e. The quantitative estimate of drug-likeness (QED) is 0.444. The number of benzene rings is 2. The van der Waals surface area contributed by atoms with Gasteiger partial charge in [-0.15, -0.1) is 22.7 Å². The normalized spacial score (nSPS) is 11.0. The maximum absolute atomic E-state index is 14.4. The summed E-state index contributed by atoms with van der Waals surface area (Å²) in [4.78, 5) is 28.6. The van der Waals surface area contributed by atoms with Gasteiger partial charge in [0.05, 0.1) is 15.7 Å². The molecule has 4 rings (SSSR count). The first-order valence-corrected chi connectivity index (χ1v) is 10.1. The molecular weight excluding hydrogens is 418 g/mol. The van der Waals surface area contributed by atoms with E-state index in [-0.39, 0.29) is 27.3 Å². The summed E-state index contributed by atoms with van der Waals surface area (Å²) in [6, 6.07) is 7.66. The molecule has 0 radical (unpaired) electrons. The number of thiazole rings is 1. The second-order valence-corrected chi connectivity index (χ2v) is 7.97. The molecule has 0 aliphatic heterocycles. The highest BCUT2D eigenvalue weighted by Crippen LogP contribution is 2.38. The van der Waals surface area contributed by atoms with Gasteiger partial charge < -0.3 is 10.4 Å². The Morgan fingerprint density at radius 2 is 1.86 bits per heavy atom. The molecule has 2 heterocycles.